The molecule has 1 aliphatic rings. The Labute approximate surface area is 179 Å². The lowest BCUT2D eigenvalue weighted by atomic mass is 10.2. The number of hydrogen-bond donors (Lipinski definition) is 2. The number of hydrogen-bond acceptors (Lipinski definition) is 8. The summed E-state index contributed by atoms with van der Waals surface area (Å²) in [6.07, 6.45) is 3.91. The second-order valence-electron chi connectivity index (χ2n) is 7.17. The predicted molar refractivity (Wildman–Crippen MR) is 117 cm³/mol. The van der Waals surface area contributed by atoms with E-state index in [0.717, 1.165) is 31.7 Å². The number of nitro groups is 1. The quantitative estimate of drug-likeness (QED) is 0.414. The molecule has 4 rings (SSSR count). The zero-order valence-electron chi connectivity index (χ0n) is 17.1. The maximum atomic E-state index is 11.1. The van der Waals surface area contributed by atoms with Crippen LogP contribution in [0.1, 0.15) is 12.8 Å². The van der Waals surface area contributed by atoms with E-state index in [1.807, 2.05) is 0 Å². The summed E-state index contributed by atoms with van der Waals surface area (Å²) in [5, 5.41) is 17.9. The summed E-state index contributed by atoms with van der Waals surface area (Å²) >= 11 is 0. The number of nitro benzene ring substituents is 1. The lowest BCUT2D eigenvalue weighted by molar-refractivity contribution is -0.384. The van der Waals surface area contributed by atoms with Crippen LogP contribution >= 0.6 is 0 Å². The van der Waals surface area contributed by atoms with E-state index in [9.17, 15) is 10.1 Å². The number of anilines is 1. The van der Waals surface area contributed by atoms with Crippen molar-refractivity contribution >= 4 is 11.4 Å². The van der Waals surface area contributed by atoms with E-state index in [1.165, 1.54) is 12.1 Å². The third kappa shape index (κ3) is 5.07. The molecule has 0 spiro atoms. The second kappa shape index (κ2) is 9.40. The molecule has 0 bridgehead atoms. The maximum absolute atomic E-state index is 11.1. The molecule has 1 aliphatic heterocycles. The molecule has 1 atom stereocenters. The number of nitrogens with one attached hydrogen (secondary N) is 2. The third-order valence-corrected chi connectivity index (χ3v) is 5.04. The topological polar surface area (TPSA) is 111 Å². The molecule has 9 heteroatoms. The summed E-state index contributed by atoms with van der Waals surface area (Å²) < 4.78 is 11.2. The van der Waals surface area contributed by atoms with Crippen LogP contribution < -0.4 is 20.1 Å². The normalized spacial score (nSPS) is 15.5. The lowest BCUT2D eigenvalue weighted by Crippen LogP contribution is -2.29. The van der Waals surface area contributed by atoms with Crippen LogP contribution in [0.2, 0.25) is 0 Å². The largest absolute Gasteiger partial charge is 0.497 e. The Morgan fingerprint density at radius 3 is 2.74 bits per heavy atom. The number of ether oxygens (including phenoxy) is 2. The summed E-state index contributed by atoms with van der Waals surface area (Å²) in [5.74, 6) is 2.00. The minimum absolute atomic E-state index is 0.0202. The van der Waals surface area contributed by atoms with E-state index in [-0.39, 0.29) is 5.69 Å². The van der Waals surface area contributed by atoms with Crippen LogP contribution in [0.5, 0.6) is 17.4 Å². The fourth-order valence-corrected chi connectivity index (χ4v) is 3.38. The zero-order valence-corrected chi connectivity index (χ0v) is 17.1. The van der Waals surface area contributed by atoms with Crippen LogP contribution in [0.4, 0.5) is 11.4 Å². The van der Waals surface area contributed by atoms with E-state index in [1.54, 1.807) is 49.7 Å². The van der Waals surface area contributed by atoms with Crippen molar-refractivity contribution < 1.29 is 14.4 Å². The summed E-state index contributed by atoms with van der Waals surface area (Å²) in [5.41, 5.74) is 1.17. The lowest BCUT2D eigenvalue weighted by Gasteiger charge is -2.16. The van der Waals surface area contributed by atoms with Gasteiger partial charge in [-0.05, 0) is 43.7 Å². The average molecular weight is 421 g/mol. The van der Waals surface area contributed by atoms with Gasteiger partial charge in [-0.2, -0.15) is 4.98 Å². The van der Waals surface area contributed by atoms with Gasteiger partial charge in [0.05, 0.1) is 18.2 Å². The highest BCUT2D eigenvalue weighted by Crippen LogP contribution is 2.31. The van der Waals surface area contributed by atoms with Crippen molar-refractivity contribution in [3.63, 3.8) is 0 Å². The predicted octanol–water partition coefficient (Wildman–Crippen LogP) is 4.02. The maximum Gasteiger partial charge on any atom is 0.270 e. The van der Waals surface area contributed by atoms with E-state index in [2.05, 4.69) is 20.6 Å². The van der Waals surface area contributed by atoms with Crippen molar-refractivity contribution in [1.82, 2.24) is 15.3 Å². The number of nitrogens with zero attached hydrogens (tertiary/aromatic N) is 3. The smallest absolute Gasteiger partial charge is 0.270 e. The highest BCUT2D eigenvalue weighted by atomic mass is 16.6. The molecule has 2 N–H and O–H groups in total. The number of methoxy groups -OCH3 is 1. The molecule has 0 unspecified atom stereocenters. The van der Waals surface area contributed by atoms with Gasteiger partial charge in [0.1, 0.15) is 17.2 Å². The highest BCUT2D eigenvalue weighted by molar-refractivity contribution is 5.63. The highest BCUT2D eigenvalue weighted by Gasteiger charge is 2.17. The van der Waals surface area contributed by atoms with Crippen molar-refractivity contribution in [2.75, 3.05) is 25.5 Å². The van der Waals surface area contributed by atoms with Crippen molar-refractivity contribution in [1.29, 1.82) is 0 Å². The first-order chi connectivity index (χ1) is 15.1. The molecule has 31 heavy (non-hydrogen) atoms. The second-order valence-corrected chi connectivity index (χ2v) is 7.17. The molecule has 3 aromatic rings. The van der Waals surface area contributed by atoms with Crippen molar-refractivity contribution in [3.05, 3.63) is 64.8 Å². The molecule has 1 saturated heterocycles. The molecule has 2 heterocycles. The molecular formula is C22H23N5O4. The van der Waals surface area contributed by atoms with Gasteiger partial charge in [-0.1, -0.05) is 12.1 Å². The third-order valence-electron chi connectivity index (χ3n) is 5.04. The minimum atomic E-state index is -0.442. The average Bonchev–Trinajstić information content (AvgIpc) is 3.32. The van der Waals surface area contributed by atoms with Gasteiger partial charge < -0.3 is 20.1 Å². The van der Waals surface area contributed by atoms with E-state index in [0.29, 0.717) is 34.7 Å². The molecule has 0 saturated carbocycles. The number of rotatable bonds is 8. The number of benzene rings is 2. The SMILES string of the molecule is COc1ccc(Oc2nc(-c3cccc([N+](=O)[O-])c3)ncc2NC[C@@H]2CCCN2)cc1. The first kappa shape index (κ1) is 20.5. The molecular weight excluding hydrogens is 398 g/mol. The molecule has 0 radical (unpaired) electrons. The first-order valence-corrected chi connectivity index (χ1v) is 10.0. The van der Waals surface area contributed by atoms with Crippen LogP contribution in [0, 0.1) is 10.1 Å². The van der Waals surface area contributed by atoms with Crippen LogP contribution in [0.15, 0.2) is 54.7 Å². The Morgan fingerprint density at radius 1 is 1.23 bits per heavy atom. The molecule has 160 valence electrons. The van der Waals surface area contributed by atoms with Crippen LogP contribution in [-0.4, -0.2) is 41.1 Å². The Hall–Kier alpha value is -3.72. The van der Waals surface area contributed by atoms with E-state index >= 15 is 0 Å². The first-order valence-electron chi connectivity index (χ1n) is 10.0. The Balaban J connectivity index is 1.63. The van der Waals surface area contributed by atoms with Gasteiger partial charge in [0.15, 0.2) is 5.82 Å². The Morgan fingerprint density at radius 2 is 2.03 bits per heavy atom. The van der Waals surface area contributed by atoms with Crippen LogP contribution in [0.25, 0.3) is 11.4 Å². The van der Waals surface area contributed by atoms with E-state index < -0.39 is 4.92 Å². The summed E-state index contributed by atoms with van der Waals surface area (Å²) in [6.45, 7) is 1.74. The van der Waals surface area contributed by atoms with Crippen molar-refractivity contribution in [3.8, 4) is 28.8 Å². The van der Waals surface area contributed by atoms with Crippen LogP contribution in [-0.2, 0) is 0 Å². The van der Waals surface area contributed by atoms with Gasteiger partial charge in [0.2, 0.25) is 5.88 Å². The zero-order chi connectivity index (χ0) is 21.6. The minimum Gasteiger partial charge on any atom is -0.497 e. The Kier molecular flexibility index (Phi) is 6.23. The summed E-state index contributed by atoms with van der Waals surface area (Å²) in [6, 6.07) is 13.8. The van der Waals surface area contributed by atoms with Gasteiger partial charge in [-0.25, -0.2) is 4.98 Å². The molecule has 9 nitrogen and oxygen atoms in total. The van der Waals surface area contributed by atoms with Gasteiger partial charge in [0, 0.05) is 30.3 Å². The monoisotopic (exact) mass is 421 g/mol. The Bertz CT molecular complexity index is 1050. The fourth-order valence-electron chi connectivity index (χ4n) is 3.38. The number of aromatic nitrogens is 2. The van der Waals surface area contributed by atoms with Gasteiger partial charge >= 0.3 is 0 Å². The molecule has 0 aliphatic carbocycles. The van der Waals surface area contributed by atoms with E-state index in [4.69, 9.17) is 9.47 Å². The van der Waals surface area contributed by atoms with Gasteiger partial charge in [0.25, 0.3) is 5.69 Å². The summed E-state index contributed by atoms with van der Waals surface area (Å²) in [7, 11) is 1.60. The van der Waals surface area contributed by atoms with Crippen LogP contribution in [0.3, 0.4) is 0 Å². The molecule has 0 amide bonds. The standard InChI is InChI=1S/C22H23N5O4/c1-30-18-7-9-19(10-8-18)31-22-20(24-13-16-5-3-11-23-16)14-25-21(26-22)15-4-2-6-17(12-15)27(28)29/h2,4,6-10,12,14,16,23-24H,3,5,11,13H2,1H3/t16-/m0/s1. The van der Waals surface area contributed by atoms with Crippen molar-refractivity contribution in [2.24, 2.45) is 0 Å². The molecule has 1 aromatic heterocycles. The van der Waals surface area contributed by atoms with Gasteiger partial charge in [-0.3, -0.25) is 10.1 Å². The fraction of sp³-hybridized carbons (Fsp3) is 0.273. The van der Waals surface area contributed by atoms with Crippen molar-refractivity contribution in [2.45, 2.75) is 18.9 Å². The molecule has 2 aromatic carbocycles. The number of non-ortho nitro benzene ring substituents is 1. The van der Waals surface area contributed by atoms with Gasteiger partial charge in [-0.15, -0.1) is 0 Å². The molecule has 1 fully saturated rings. The summed E-state index contributed by atoms with van der Waals surface area (Å²) in [4.78, 5) is 19.6.